The number of aromatic nitrogens is 1. The van der Waals surface area contributed by atoms with Crippen molar-refractivity contribution >= 4 is 21.6 Å². The third-order valence-electron chi connectivity index (χ3n) is 2.95. The summed E-state index contributed by atoms with van der Waals surface area (Å²) in [5, 5.41) is 3.35. The zero-order valence-corrected chi connectivity index (χ0v) is 14.0. The van der Waals surface area contributed by atoms with Crippen LogP contribution in [0, 0.1) is 6.92 Å². The monoisotopic (exact) mass is 350 g/mol. The molecule has 112 valence electrons. The molecule has 0 bridgehead atoms. The molecule has 0 aliphatic heterocycles. The topological polar surface area (TPSA) is 43.4 Å². The highest BCUT2D eigenvalue weighted by Gasteiger charge is 2.11. The average Bonchev–Trinajstić information content (AvgIpc) is 2.47. The van der Waals surface area contributed by atoms with Crippen molar-refractivity contribution < 1.29 is 9.47 Å². The molecule has 4 nitrogen and oxygen atoms in total. The van der Waals surface area contributed by atoms with Gasteiger partial charge in [-0.05, 0) is 59.1 Å². The van der Waals surface area contributed by atoms with E-state index in [1.807, 2.05) is 38.4 Å². The highest BCUT2D eigenvalue weighted by molar-refractivity contribution is 9.10. The number of pyridine rings is 1. The Kier molecular flexibility index (Phi) is 5.44. The number of benzene rings is 1. The Balaban J connectivity index is 2.15. The van der Waals surface area contributed by atoms with Crippen molar-refractivity contribution in [3.8, 4) is 11.5 Å². The Bertz CT molecular complexity index is 617. The van der Waals surface area contributed by atoms with Crippen LogP contribution in [0.5, 0.6) is 11.5 Å². The standard InChI is InChI=1S/C16H19BrN2O2/c1-4-21-16-14(17)6-12(7-15(16)20-3)9-19-13-5-11(2)8-18-10-13/h5-8,10,19H,4,9H2,1-3H3. The molecule has 0 saturated carbocycles. The van der Waals surface area contributed by atoms with Crippen LogP contribution >= 0.6 is 15.9 Å². The fraction of sp³-hybridized carbons (Fsp3) is 0.312. The van der Waals surface area contributed by atoms with Gasteiger partial charge in [-0.25, -0.2) is 0 Å². The van der Waals surface area contributed by atoms with Gasteiger partial charge in [-0.1, -0.05) is 0 Å². The lowest BCUT2D eigenvalue weighted by atomic mass is 10.2. The first-order valence-electron chi connectivity index (χ1n) is 6.78. The van der Waals surface area contributed by atoms with Crippen LogP contribution in [-0.4, -0.2) is 18.7 Å². The predicted molar refractivity (Wildman–Crippen MR) is 88.2 cm³/mol. The number of methoxy groups -OCH3 is 1. The van der Waals surface area contributed by atoms with Gasteiger partial charge in [0.25, 0.3) is 0 Å². The maximum atomic E-state index is 5.59. The molecular formula is C16H19BrN2O2. The quantitative estimate of drug-likeness (QED) is 0.848. The molecule has 1 aromatic carbocycles. The number of nitrogens with one attached hydrogen (secondary N) is 1. The zero-order valence-electron chi connectivity index (χ0n) is 12.4. The lowest BCUT2D eigenvalue weighted by molar-refractivity contribution is 0.308. The predicted octanol–water partition coefficient (Wildman–Crippen LogP) is 4.17. The first-order chi connectivity index (χ1) is 10.1. The number of anilines is 1. The van der Waals surface area contributed by atoms with E-state index in [2.05, 4.69) is 32.3 Å². The van der Waals surface area contributed by atoms with Crippen LogP contribution in [0.1, 0.15) is 18.1 Å². The van der Waals surface area contributed by atoms with Gasteiger partial charge in [-0.15, -0.1) is 0 Å². The highest BCUT2D eigenvalue weighted by Crippen LogP contribution is 2.36. The Morgan fingerprint density at radius 1 is 1.24 bits per heavy atom. The van der Waals surface area contributed by atoms with Gasteiger partial charge in [0.1, 0.15) is 0 Å². The van der Waals surface area contributed by atoms with Crippen LogP contribution in [0.2, 0.25) is 0 Å². The fourth-order valence-electron chi connectivity index (χ4n) is 2.02. The van der Waals surface area contributed by atoms with Crippen molar-refractivity contribution in [2.24, 2.45) is 0 Å². The van der Waals surface area contributed by atoms with Crippen molar-refractivity contribution in [1.29, 1.82) is 0 Å². The molecule has 0 atom stereocenters. The second-order valence-electron chi connectivity index (χ2n) is 4.65. The largest absolute Gasteiger partial charge is 0.493 e. The Morgan fingerprint density at radius 2 is 2.05 bits per heavy atom. The van der Waals surface area contributed by atoms with Gasteiger partial charge in [0.15, 0.2) is 11.5 Å². The van der Waals surface area contributed by atoms with Crippen molar-refractivity contribution in [2.45, 2.75) is 20.4 Å². The molecule has 0 aliphatic rings. The van der Waals surface area contributed by atoms with Crippen molar-refractivity contribution in [3.63, 3.8) is 0 Å². The summed E-state index contributed by atoms with van der Waals surface area (Å²) in [6.45, 7) is 5.26. The van der Waals surface area contributed by atoms with Gasteiger partial charge < -0.3 is 14.8 Å². The molecule has 2 rings (SSSR count). The highest BCUT2D eigenvalue weighted by atomic mass is 79.9. The number of rotatable bonds is 6. The molecule has 0 saturated heterocycles. The van der Waals surface area contributed by atoms with Gasteiger partial charge in [0.2, 0.25) is 0 Å². The number of halogens is 1. The average molecular weight is 351 g/mol. The SMILES string of the molecule is CCOc1c(Br)cc(CNc2cncc(C)c2)cc1OC. The molecule has 21 heavy (non-hydrogen) atoms. The molecule has 0 spiro atoms. The van der Waals surface area contributed by atoms with Crippen LogP contribution in [0.3, 0.4) is 0 Å². The van der Waals surface area contributed by atoms with Gasteiger partial charge in [0.05, 0.1) is 23.9 Å². The summed E-state index contributed by atoms with van der Waals surface area (Å²) in [7, 11) is 1.64. The van der Waals surface area contributed by atoms with Gasteiger partial charge >= 0.3 is 0 Å². The van der Waals surface area contributed by atoms with Gasteiger partial charge in [0, 0.05) is 18.9 Å². The molecule has 0 amide bonds. The van der Waals surface area contributed by atoms with E-state index in [-0.39, 0.29) is 0 Å². The van der Waals surface area contributed by atoms with Crippen LogP contribution in [0.25, 0.3) is 0 Å². The van der Waals surface area contributed by atoms with Crippen molar-refractivity contribution in [2.75, 3.05) is 19.0 Å². The van der Waals surface area contributed by atoms with E-state index in [0.29, 0.717) is 13.2 Å². The number of aryl methyl sites for hydroxylation is 1. The van der Waals surface area contributed by atoms with Gasteiger partial charge in [-0.2, -0.15) is 0 Å². The lowest BCUT2D eigenvalue weighted by Gasteiger charge is -2.14. The van der Waals surface area contributed by atoms with Crippen molar-refractivity contribution in [1.82, 2.24) is 4.98 Å². The molecule has 1 N–H and O–H groups in total. The molecular weight excluding hydrogens is 332 g/mol. The summed E-state index contributed by atoms with van der Waals surface area (Å²) >= 11 is 3.53. The van der Waals surface area contributed by atoms with E-state index >= 15 is 0 Å². The van der Waals surface area contributed by atoms with E-state index < -0.39 is 0 Å². The summed E-state index contributed by atoms with van der Waals surface area (Å²) < 4.78 is 11.9. The maximum absolute atomic E-state index is 5.59. The Morgan fingerprint density at radius 3 is 2.71 bits per heavy atom. The lowest BCUT2D eigenvalue weighted by Crippen LogP contribution is -2.02. The van der Waals surface area contributed by atoms with Crippen LogP contribution in [-0.2, 0) is 6.54 Å². The van der Waals surface area contributed by atoms with Crippen molar-refractivity contribution in [3.05, 3.63) is 46.2 Å². The number of nitrogens with zero attached hydrogens (tertiary/aromatic N) is 1. The minimum Gasteiger partial charge on any atom is -0.493 e. The zero-order chi connectivity index (χ0) is 15.2. The summed E-state index contributed by atoms with van der Waals surface area (Å²) in [6, 6.07) is 6.07. The Hall–Kier alpha value is -1.75. The minimum atomic E-state index is 0.599. The second-order valence-corrected chi connectivity index (χ2v) is 5.50. The molecule has 1 aromatic heterocycles. The van der Waals surface area contributed by atoms with Gasteiger partial charge in [-0.3, -0.25) is 4.98 Å². The van der Waals surface area contributed by atoms with Crippen LogP contribution < -0.4 is 14.8 Å². The maximum Gasteiger partial charge on any atom is 0.175 e. The minimum absolute atomic E-state index is 0.599. The van der Waals surface area contributed by atoms with E-state index in [9.17, 15) is 0 Å². The third kappa shape index (κ3) is 4.11. The summed E-state index contributed by atoms with van der Waals surface area (Å²) in [5.74, 6) is 1.46. The molecule has 0 radical (unpaired) electrons. The van der Waals surface area contributed by atoms with Crippen LogP contribution in [0.4, 0.5) is 5.69 Å². The summed E-state index contributed by atoms with van der Waals surface area (Å²) in [4.78, 5) is 4.17. The van der Waals surface area contributed by atoms with E-state index in [1.54, 1.807) is 7.11 Å². The molecule has 5 heteroatoms. The number of hydrogen-bond acceptors (Lipinski definition) is 4. The molecule has 0 fully saturated rings. The second kappa shape index (κ2) is 7.31. The summed E-state index contributed by atoms with van der Waals surface area (Å²) in [5.41, 5.74) is 3.23. The normalized spacial score (nSPS) is 10.3. The van der Waals surface area contributed by atoms with E-state index in [4.69, 9.17) is 9.47 Å². The smallest absolute Gasteiger partial charge is 0.175 e. The van der Waals surface area contributed by atoms with Crippen LogP contribution in [0.15, 0.2) is 35.1 Å². The first-order valence-corrected chi connectivity index (χ1v) is 7.58. The molecule has 2 aromatic rings. The van der Waals surface area contributed by atoms with E-state index in [1.165, 1.54) is 0 Å². The summed E-state index contributed by atoms with van der Waals surface area (Å²) in [6.07, 6.45) is 3.65. The third-order valence-corrected chi connectivity index (χ3v) is 3.54. The Labute approximate surface area is 133 Å². The fourth-order valence-corrected chi connectivity index (χ4v) is 2.62. The van der Waals surface area contributed by atoms with E-state index in [0.717, 1.165) is 32.8 Å². The molecule has 0 unspecified atom stereocenters. The number of hydrogen-bond donors (Lipinski definition) is 1. The molecule has 1 heterocycles. The first kappa shape index (κ1) is 15.6. The number of ether oxygens (including phenoxy) is 2. The molecule has 0 aliphatic carbocycles.